The number of amides is 2. The first-order valence-electron chi connectivity index (χ1n) is 8.89. The maximum absolute atomic E-state index is 12.7. The molecule has 0 radical (unpaired) electrons. The minimum absolute atomic E-state index is 0.0602. The van der Waals surface area contributed by atoms with Crippen LogP contribution in [0.5, 0.6) is 0 Å². The van der Waals surface area contributed by atoms with Gasteiger partial charge in [-0.15, -0.1) is 0 Å². The molecule has 1 saturated heterocycles. The lowest BCUT2D eigenvalue weighted by molar-refractivity contribution is -0.138. The number of rotatable bonds is 4. The zero-order valence-corrected chi connectivity index (χ0v) is 14.7. The van der Waals surface area contributed by atoms with Crippen LogP contribution < -0.4 is 5.32 Å². The third-order valence-electron chi connectivity index (χ3n) is 5.03. The first-order chi connectivity index (χ1) is 12.6. The van der Waals surface area contributed by atoms with E-state index in [1.54, 1.807) is 24.6 Å². The van der Waals surface area contributed by atoms with Gasteiger partial charge in [0.1, 0.15) is 17.3 Å². The van der Waals surface area contributed by atoms with Crippen LogP contribution in [0.4, 0.5) is 0 Å². The number of fused-ring (bicyclic) bond motifs is 1. The summed E-state index contributed by atoms with van der Waals surface area (Å²) < 4.78 is 12.5. The highest BCUT2D eigenvalue weighted by molar-refractivity contribution is 5.92. The smallest absolute Gasteiger partial charge is 0.271 e. The van der Waals surface area contributed by atoms with Crippen molar-refractivity contribution in [2.45, 2.75) is 32.5 Å². The van der Waals surface area contributed by atoms with Gasteiger partial charge in [0.15, 0.2) is 0 Å². The minimum Gasteiger partial charge on any atom is -0.467 e. The maximum atomic E-state index is 12.7. The van der Waals surface area contributed by atoms with Gasteiger partial charge in [-0.2, -0.15) is 0 Å². The van der Waals surface area contributed by atoms with E-state index >= 15 is 0 Å². The van der Waals surface area contributed by atoms with Crippen molar-refractivity contribution >= 4 is 11.8 Å². The summed E-state index contributed by atoms with van der Waals surface area (Å²) in [6, 6.07) is 3.42. The van der Waals surface area contributed by atoms with Gasteiger partial charge in [0.05, 0.1) is 31.4 Å². The van der Waals surface area contributed by atoms with Crippen LogP contribution in [-0.2, 0) is 22.6 Å². The Morgan fingerprint density at radius 2 is 2.27 bits per heavy atom. The topological polar surface area (TPSA) is 89.6 Å². The lowest BCUT2D eigenvalue weighted by Gasteiger charge is -2.35. The second kappa shape index (κ2) is 6.95. The quantitative estimate of drug-likeness (QED) is 0.891. The number of furan rings is 1. The van der Waals surface area contributed by atoms with E-state index in [9.17, 15) is 9.59 Å². The zero-order chi connectivity index (χ0) is 18.1. The van der Waals surface area contributed by atoms with Crippen molar-refractivity contribution in [3.63, 3.8) is 0 Å². The van der Waals surface area contributed by atoms with Crippen molar-refractivity contribution in [3.05, 3.63) is 41.9 Å². The Kier molecular flexibility index (Phi) is 4.50. The molecule has 8 nitrogen and oxygen atoms in total. The molecule has 2 amide bonds. The summed E-state index contributed by atoms with van der Waals surface area (Å²) in [6.45, 7) is 4.67. The molecule has 0 bridgehead atoms. The molecule has 0 aliphatic carbocycles. The number of nitrogens with zero attached hydrogens (tertiary/aromatic N) is 3. The maximum Gasteiger partial charge on any atom is 0.271 e. The summed E-state index contributed by atoms with van der Waals surface area (Å²) in [5.74, 6) is 1.23. The van der Waals surface area contributed by atoms with E-state index < -0.39 is 0 Å². The van der Waals surface area contributed by atoms with Gasteiger partial charge in [0.25, 0.3) is 5.91 Å². The van der Waals surface area contributed by atoms with E-state index in [0.29, 0.717) is 44.3 Å². The van der Waals surface area contributed by atoms with Crippen molar-refractivity contribution in [1.29, 1.82) is 0 Å². The highest BCUT2D eigenvalue weighted by atomic mass is 16.5. The van der Waals surface area contributed by atoms with E-state index in [0.717, 1.165) is 12.2 Å². The van der Waals surface area contributed by atoms with E-state index in [2.05, 4.69) is 10.3 Å². The molecule has 8 heteroatoms. The number of aromatic nitrogens is 2. The van der Waals surface area contributed by atoms with Crippen LogP contribution in [0.2, 0.25) is 0 Å². The molecule has 138 valence electrons. The zero-order valence-electron chi connectivity index (χ0n) is 14.7. The number of hydrogen-bond acceptors (Lipinski definition) is 5. The van der Waals surface area contributed by atoms with E-state index in [4.69, 9.17) is 9.15 Å². The molecule has 1 N–H and O–H groups in total. The highest BCUT2D eigenvalue weighted by Crippen LogP contribution is 2.28. The van der Waals surface area contributed by atoms with Gasteiger partial charge in [-0.3, -0.25) is 9.59 Å². The summed E-state index contributed by atoms with van der Waals surface area (Å²) in [4.78, 5) is 31.4. The summed E-state index contributed by atoms with van der Waals surface area (Å²) >= 11 is 0. The molecule has 0 spiro atoms. The molecule has 0 unspecified atom stereocenters. The second-order valence-electron chi connectivity index (χ2n) is 6.71. The van der Waals surface area contributed by atoms with Crippen LogP contribution in [0, 0.1) is 5.92 Å². The molecule has 2 aliphatic rings. The van der Waals surface area contributed by atoms with Gasteiger partial charge in [0, 0.05) is 25.9 Å². The monoisotopic (exact) mass is 358 g/mol. The number of hydrogen-bond donors (Lipinski definition) is 1. The van der Waals surface area contributed by atoms with Crippen LogP contribution in [0.1, 0.15) is 41.5 Å². The largest absolute Gasteiger partial charge is 0.467 e. The Morgan fingerprint density at radius 3 is 3.00 bits per heavy atom. The van der Waals surface area contributed by atoms with E-state index in [-0.39, 0.29) is 23.8 Å². The highest BCUT2D eigenvalue weighted by Gasteiger charge is 2.35. The Morgan fingerprint density at radius 1 is 1.38 bits per heavy atom. The normalized spacial score (nSPS) is 22.3. The molecule has 4 heterocycles. The van der Waals surface area contributed by atoms with Crippen molar-refractivity contribution < 1.29 is 18.7 Å². The standard InChI is InChI=1S/C18H22N4O4/c1-12-16-20-15(17(23)19-9-14-3-2-7-26-14)10-21(16)5-6-22(12)18(24)13-4-8-25-11-13/h2-3,7,10,12-13H,4-6,8-9,11H2,1H3,(H,19,23)/t12-,13-/m0/s1. The van der Waals surface area contributed by atoms with E-state index in [1.165, 1.54) is 0 Å². The van der Waals surface area contributed by atoms with Crippen molar-refractivity contribution in [3.8, 4) is 0 Å². The van der Waals surface area contributed by atoms with Crippen LogP contribution in [-0.4, -0.2) is 46.0 Å². The molecular weight excluding hydrogens is 336 g/mol. The first-order valence-corrected chi connectivity index (χ1v) is 8.89. The van der Waals surface area contributed by atoms with Crippen molar-refractivity contribution in [2.24, 2.45) is 5.92 Å². The lowest BCUT2D eigenvalue weighted by atomic mass is 10.1. The minimum atomic E-state index is -0.252. The van der Waals surface area contributed by atoms with Gasteiger partial charge in [-0.25, -0.2) is 4.98 Å². The number of ether oxygens (including phenoxy) is 1. The lowest BCUT2D eigenvalue weighted by Crippen LogP contribution is -2.44. The number of carbonyl (C=O) groups excluding carboxylic acids is 2. The van der Waals surface area contributed by atoms with Crippen LogP contribution in [0.25, 0.3) is 0 Å². The van der Waals surface area contributed by atoms with Gasteiger partial charge in [-0.05, 0) is 25.5 Å². The Hall–Kier alpha value is -2.61. The average Bonchev–Trinajstić information content (AvgIpc) is 3.40. The predicted octanol–water partition coefficient (Wildman–Crippen LogP) is 1.35. The summed E-state index contributed by atoms with van der Waals surface area (Å²) in [5, 5.41) is 2.80. The van der Waals surface area contributed by atoms with Gasteiger partial charge < -0.3 is 23.9 Å². The van der Waals surface area contributed by atoms with Crippen molar-refractivity contribution in [2.75, 3.05) is 19.8 Å². The van der Waals surface area contributed by atoms with Crippen LogP contribution in [0.15, 0.2) is 29.0 Å². The summed E-state index contributed by atoms with van der Waals surface area (Å²) in [7, 11) is 0. The number of nitrogens with one attached hydrogen (secondary N) is 1. The summed E-state index contributed by atoms with van der Waals surface area (Å²) in [5.41, 5.74) is 0.358. The molecule has 26 heavy (non-hydrogen) atoms. The molecule has 0 aromatic carbocycles. The van der Waals surface area contributed by atoms with E-state index in [1.807, 2.05) is 16.4 Å². The summed E-state index contributed by atoms with van der Waals surface area (Å²) in [6.07, 6.45) is 4.10. The van der Waals surface area contributed by atoms with Crippen LogP contribution >= 0.6 is 0 Å². The molecule has 4 rings (SSSR count). The van der Waals surface area contributed by atoms with Gasteiger partial charge in [-0.1, -0.05) is 0 Å². The first kappa shape index (κ1) is 16.8. The molecule has 0 saturated carbocycles. The third-order valence-corrected chi connectivity index (χ3v) is 5.03. The Labute approximate surface area is 151 Å². The molecule has 2 aliphatic heterocycles. The van der Waals surface area contributed by atoms with Crippen LogP contribution in [0.3, 0.4) is 0 Å². The molecule has 1 fully saturated rings. The fraction of sp³-hybridized carbons (Fsp3) is 0.500. The van der Waals surface area contributed by atoms with Gasteiger partial charge in [0.2, 0.25) is 5.91 Å². The number of carbonyl (C=O) groups is 2. The second-order valence-corrected chi connectivity index (χ2v) is 6.71. The molecule has 2 atom stereocenters. The fourth-order valence-electron chi connectivity index (χ4n) is 3.54. The number of imidazole rings is 1. The fourth-order valence-corrected chi connectivity index (χ4v) is 3.54. The van der Waals surface area contributed by atoms with Crippen molar-refractivity contribution in [1.82, 2.24) is 19.8 Å². The SMILES string of the molecule is C[C@H]1c2nc(C(=O)NCc3ccco3)cn2CCN1C(=O)[C@H]1CCOC1. The Bertz CT molecular complexity index is 792. The third kappa shape index (κ3) is 3.12. The average molecular weight is 358 g/mol. The molecule has 2 aromatic heterocycles. The Balaban J connectivity index is 1.45. The van der Waals surface area contributed by atoms with Gasteiger partial charge >= 0.3 is 0 Å². The predicted molar refractivity (Wildman–Crippen MR) is 91.2 cm³/mol. The molecule has 2 aromatic rings. The molecular formula is C18H22N4O4.